The van der Waals surface area contributed by atoms with Crippen LogP contribution in [-0.4, -0.2) is 43.8 Å². The van der Waals surface area contributed by atoms with Gasteiger partial charge in [0.1, 0.15) is 12.6 Å². The average molecular weight is 624 g/mol. The van der Waals surface area contributed by atoms with Crippen LogP contribution in [0.1, 0.15) is 76.3 Å². The summed E-state index contributed by atoms with van der Waals surface area (Å²) in [6, 6.07) is 21.8. The maximum atomic E-state index is 14.3. The smallest absolute Gasteiger partial charge is 0.264 e. The summed E-state index contributed by atoms with van der Waals surface area (Å²) >= 11 is 6.51. The Morgan fingerprint density at radius 2 is 1.53 bits per heavy atom. The molecule has 0 heterocycles. The van der Waals surface area contributed by atoms with Crippen LogP contribution in [0.3, 0.4) is 0 Å². The molecule has 3 aromatic rings. The second-order valence-corrected chi connectivity index (χ2v) is 13.7. The Hall–Kier alpha value is -3.36. The number of rotatable bonds is 12. The van der Waals surface area contributed by atoms with E-state index >= 15 is 0 Å². The van der Waals surface area contributed by atoms with Gasteiger partial charge in [-0.05, 0) is 66.6 Å². The van der Waals surface area contributed by atoms with E-state index in [1.165, 1.54) is 17.0 Å². The molecule has 0 bridgehead atoms. The minimum absolute atomic E-state index is 0.0701. The summed E-state index contributed by atoms with van der Waals surface area (Å²) in [5.74, 6) is -0.458. The maximum Gasteiger partial charge on any atom is 0.264 e. The molecule has 0 aromatic heterocycles. The van der Waals surface area contributed by atoms with E-state index < -0.39 is 28.5 Å². The Labute approximate surface area is 261 Å². The van der Waals surface area contributed by atoms with Crippen molar-refractivity contribution in [1.82, 2.24) is 10.2 Å². The molecule has 0 unspecified atom stereocenters. The van der Waals surface area contributed by atoms with E-state index in [0.717, 1.165) is 42.0 Å². The van der Waals surface area contributed by atoms with Crippen molar-refractivity contribution in [3.05, 3.63) is 95.0 Å². The molecule has 0 spiro atoms. The molecular formula is C34H42ClN3O4S. The number of nitrogens with one attached hydrogen (secondary N) is 1. The molecule has 7 nitrogen and oxygen atoms in total. The highest BCUT2D eigenvalue weighted by molar-refractivity contribution is 7.92. The molecule has 1 saturated carbocycles. The lowest BCUT2D eigenvalue weighted by atomic mass is 9.95. The molecule has 230 valence electrons. The average Bonchev–Trinajstić information content (AvgIpc) is 3.01. The van der Waals surface area contributed by atoms with Crippen LogP contribution < -0.4 is 9.62 Å². The number of hydrogen-bond acceptors (Lipinski definition) is 4. The lowest BCUT2D eigenvalue weighted by molar-refractivity contribution is -0.140. The van der Waals surface area contributed by atoms with E-state index in [4.69, 9.17) is 11.6 Å². The van der Waals surface area contributed by atoms with Crippen molar-refractivity contribution in [1.29, 1.82) is 0 Å². The van der Waals surface area contributed by atoms with Crippen molar-refractivity contribution >= 4 is 39.1 Å². The third kappa shape index (κ3) is 8.18. The van der Waals surface area contributed by atoms with Gasteiger partial charge in [-0.2, -0.15) is 0 Å². The second-order valence-electron chi connectivity index (χ2n) is 11.5. The Kier molecular flexibility index (Phi) is 11.3. The highest BCUT2D eigenvalue weighted by Gasteiger charge is 2.34. The second kappa shape index (κ2) is 14.9. The Morgan fingerprint density at radius 3 is 2.14 bits per heavy atom. The molecular weight excluding hydrogens is 582 g/mol. The first-order valence-electron chi connectivity index (χ1n) is 15.1. The van der Waals surface area contributed by atoms with E-state index in [0.29, 0.717) is 22.7 Å². The summed E-state index contributed by atoms with van der Waals surface area (Å²) in [6.07, 6.45) is 5.47. The van der Waals surface area contributed by atoms with Crippen LogP contribution in [0.2, 0.25) is 5.02 Å². The van der Waals surface area contributed by atoms with Crippen molar-refractivity contribution < 1.29 is 18.0 Å². The van der Waals surface area contributed by atoms with Gasteiger partial charge in [0.15, 0.2) is 0 Å². The van der Waals surface area contributed by atoms with Crippen LogP contribution in [-0.2, 0) is 26.2 Å². The maximum absolute atomic E-state index is 14.3. The van der Waals surface area contributed by atoms with Gasteiger partial charge in [-0.25, -0.2) is 8.42 Å². The zero-order valence-electron chi connectivity index (χ0n) is 25.2. The fourth-order valence-electron chi connectivity index (χ4n) is 5.55. The van der Waals surface area contributed by atoms with E-state index in [-0.39, 0.29) is 29.3 Å². The number of sulfonamides is 1. The monoisotopic (exact) mass is 623 g/mol. The van der Waals surface area contributed by atoms with Gasteiger partial charge in [0.2, 0.25) is 11.8 Å². The normalized spacial score (nSPS) is 14.7. The molecule has 1 aliphatic rings. The third-order valence-corrected chi connectivity index (χ3v) is 10.3. The number of benzene rings is 3. The predicted molar refractivity (Wildman–Crippen MR) is 173 cm³/mol. The fraction of sp³-hybridized carbons (Fsp3) is 0.412. The van der Waals surface area contributed by atoms with Crippen molar-refractivity contribution in [2.75, 3.05) is 10.8 Å². The van der Waals surface area contributed by atoms with Gasteiger partial charge in [-0.15, -0.1) is 0 Å². The molecule has 2 amide bonds. The van der Waals surface area contributed by atoms with Crippen molar-refractivity contribution in [2.24, 2.45) is 0 Å². The summed E-state index contributed by atoms with van der Waals surface area (Å²) in [7, 11) is -4.11. The van der Waals surface area contributed by atoms with Crippen molar-refractivity contribution in [3.8, 4) is 0 Å². The summed E-state index contributed by atoms with van der Waals surface area (Å²) in [4.78, 5) is 29.5. The zero-order valence-corrected chi connectivity index (χ0v) is 26.8. The largest absolute Gasteiger partial charge is 0.352 e. The first-order chi connectivity index (χ1) is 20.6. The Bertz CT molecular complexity index is 1470. The molecule has 1 fully saturated rings. The number of carbonyl (C=O) groups excluding carboxylic acids is 2. The molecule has 43 heavy (non-hydrogen) atoms. The lowest BCUT2D eigenvalue weighted by Gasteiger charge is -2.34. The van der Waals surface area contributed by atoms with E-state index in [2.05, 4.69) is 19.2 Å². The van der Waals surface area contributed by atoms with Crippen LogP contribution in [0.25, 0.3) is 0 Å². The van der Waals surface area contributed by atoms with E-state index in [9.17, 15) is 18.0 Å². The Balaban J connectivity index is 1.71. The van der Waals surface area contributed by atoms with Gasteiger partial charge < -0.3 is 10.2 Å². The van der Waals surface area contributed by atoms with Gasteiger partial charge in [0, 0.05) is 17.6 Å². The molecule has 4 rings (SSSR count). The van der Waals surface area contributed by atoms with Crippen LogP contribution in [0, 0.1) is 0 Å². The number of nitrogens with zero attached hydrogens (tertiary/aromatic N) is 2. The van der Waals surface area contributed by atoms with E-state index in [1.807, 2.05) is 31.2 Å². The number of hydrogen-bond donors (Lipinski definition) is 1. The van der Waals surface area contributed by atoms with E-state index in [1.54, 1.807) is 42.5 Å². The minimum Gasteiger partial charge on any atom is -0.352 e. The third-order valence-electron chi connectivity index (χ3n) is 8.09. The number of carbonyl (C=O) groups is 2. The minimum atomic E-state index is -4.11. The molecule has 1 atom stereocenters. The molecule has 0 radical (unpaired) electrons. The lowest BCUT2D eigenvalue weighted by Crippen LogP contribution is -2.54. The van der Waals surface area contributed by atoms with Gasteiger partial charge in [-0.1, -0.05) is 100 Å². The summed E-state index contributed by atoms with van der Waals surface area (Å²) in [5, 5.41) is 3.64. The van der Waals surface area contributed by atoms with Crippen LogP contribution in [0.5, 0.6) is 0 Å². The number of halogens is 1. The van der Waals surface area contributed by atoms with Crippen molar-refractivity contribution in [2.45, 2.75) is 88.7 Å². The zero-order chi connectivity index (χ0) is 31.0. The topological polar surface area (TPSA) is 86.8 Å². The molecule has 3 aromatic carbocycles. The summed E-state index contributed by atoms with van der Waals surface area (Å²) in [5.41, 5.74) is 2.11. The van der Waals surface area contributed by atoms with Gasteiger partial charge in [0.25, 0.3) is 10.0 Å². The van der Waals surface area contributed by atoms with Gasteiger partial charge in [-0.3, -0.25) is 13.9 Å². The summed E-state index contributed by atoms with van der Waals surface area (Å²) in [6.45, 7) is 5.58. The molecule has 9 heteroatoms. The number of anilines is 1. The van der Waals surface area contributed by atoms with Crippen LogP contribution in [0.15, 0.2) is 83.8 Å². The fourth-order valence-corrected chi connectivity index (χ4v) is 7.18. The van der Waals surface area contributed by atoms with Crippen molar-refractivity contribution in [3.63, 3.8) is 0 Å². The van der Waals surface area contributed by atoms with Gasteiger partial charge >= 0.3 is 0 Å². The number of amides is 2. The first-order valence-corrected chi connectivity index (χ1v) is 16.9. The van der Waals surface area contributed by atoms with Gasteiger partial charge in [0.05, 0.1) is 10.6 Å². The van der Waals surface area contributed by atoms with Crippen LogP contribution >= 0.6 is 11.6 Å². The highest BCUT2D eigenvalue weighted by Crippen LogP contribution is 2.28. The highest BCUT2D eigenvalue weighted by atomic mass is 35.5. The quantitative estimate of drug-likeness (QED) is 0.237. The molecule has 1 aliphatic carbocycles. The first kappa shape index (κ1) is 32.6. The molecule has 0 aliphatic heterocycles. The Morgan fingerprint density at radius 1 is 0.907 bits per heavy atom. The SMILES string of the molecule is CC[C@@H](C(=O)NC1CCCCC1)N(Cc1ccccc1Cl)C(=O)CN(c1ccc(C(C)C)cc1)S(=O)(=O)c1ccccc1. The molecule has 0 saturated heterocycles. The predicted octanol–water partition coefficient (Wildman–Crippen LogP) is 6.92. The standard InChI is InChI=1S/C34H42ClN3O4S/c1-4-32(34(40)36-28-14-7-5-8-15-28)37(23-27-13-11-12-18-31(27)35)33(39)24-38(29-21-19-26(20-22-29)25(2)3)43(41,42)30-16-9-6-10-17-30/h6,9-13,16-22,25,28,32H,4-5,7-8,14-15,23-24H2,1-3H3,(H,36,40)/t32-/m0/s1. The molecule has 1 N–H and O–H groups in total. The van der Waals surface area contributed by atoms with Crippen LogP contribution in [0.4, 0.5) is 5.69 Å². The summed E-state index contributed by atoms with van der Waals surface area (Å²) < 4.78 is 29.2.